The molecule has 1 fully saturated rings. The monoisotopic (exact) mass is 209 g/mol. The second-order valence-corrected chi connectivity index (χ2v) is 4.89. The van der Waals surface area contributed by atoms with Crippen molar-refractivity contribution in [2.75, 3.05) is 39.6 Å². The fourth-order valence-electron chi connectivity index (χ4n) is 1.17. The molecule has 13 heavy (non-hydrogen) atoms. The Morgan fingerprint density at radius 1 is 1.62 bits per heavy atom. The van der Waals surface area contributed by atoms with E-state index in [1.54, 1.807) is 0 Å². The molecule has 1 aliphatic heterocycles. The molecule has 6 heteroatoms. The van der Waals surface area contributed by atoms with E-state index >= 15 is 0 Å². The maximum Gasteiger partial charge on any atom is 0.264 e. The summed E-state index contributed by atoms with van der Waals surface area (Å²) in [5.41, 5.74) is 0. The van der Waals surface area contributed by atoms with E-state index in [2.05, 4.69) is 9.08 Å². The molecule has 0 aromatic heterocycles. The zero-order chi connectivity index (χ0) is 9.90. The van der Waals surface area contributed by atoms with Gasteiger partial charge in [0.25, 0.3) is 10.1 Å². The minimum absolute atomic E-state index is 0.114. The SMILES string of the molecule is CN1CCO[C@@H](COS(C)(=O)=O)C1. The average molecular weight is 209 g/mol. The lowest BCUT2D eigenvalue weighted by Gasteiger charge is -2.29. The fraction of sp³-hybridized carbons (Fsp3) is 1.00. The van der Waals surface area contributed by atoms with E-state index in [9.17, 15) is 8.42 Å². The summed E-state index contributed by atoms with van der Waals surface area (Å²) in [6, 6.07) is 0. The number of hydrogen-bond donors (Lipinski definition) is 0. The van der Waals surface area contributed by atoms with Gasteiger partial charge in [0.2, 0.25) is 0 Å². The molecule has 0 aromatic rings. The predicted octanol–water partition coefficient (Wildman–Crippen LogP) is -0.707. The van der Waals surface area contributed by atoms with E-state index in [4.69, 9.17) is 4.74 Å². The molecule has 0 spiro atoms. The maximum absolute atomic E-state index is 10.7. The van der Waals surface area contributed by atoms with Crippen LogP contribution in [0.25, 0.3) is 0 Å². The van der Waals surface area contributed by atoms with Crippen LogP contribution in [0.15, 0.2) is 0 Å². The van der Waals surface area contributed by atoms with Gasteiger partial charge in [-0.2, -0.15) is 8.42 Å². The molecule has 1 saturated heterocycles. The van der Waals surface area contributed by atoms with Crippen LogP contribution in [0.1, 0.15) is 0 Å². The summed E-state index contributed by atoms with van der Waals surface area (Å²) in [6.45, 7) is 2.35. The van der Waals surface area contributed by atoms with Crippen molar-refractivity contribution in [1.82, 2.24) is 4.90 Å². The van der Waals surface area contributed by atoms with Gasteiger partial charge < -0.3 is 9.64 Å². The van der Waals surface area contributed by atoms with E-state index in [-0.39, 0.29) is 12.7 Å². The number of ether oxygens (including phenoxy) is 1. The van der Waals surface area contributed by atoms with Crippen molar-refractivity contribution < 1.29 is 17.3 Å². The van der Waals surface area contributed by atoms with Gasteiger partial charge >= 0.3 is 0 Å². The Morgan fingerprint density at radius 3 is 2.85 bits per heavy atom. The highest BCUT2D eigenvalue weighted by atomic mass is 32.2. The van der Waals surface area contributed by atoms with Gasteiger partial charge in [-0.15, -0.1) is 0 Å². The van der Waals surface area contributed by atoms with Gasteiger partial charge in [-0.1, -0.05) is 0 Å². The van der Waals surface area contributed by atoms with Gasteiger partial charge in [-0.05, 0) is 7.05 Å². The number of likely N-dealkylation sites (N-methyl/N-ethyl adjacent to an activating group) is 1. The molecule has 1 heterocycles. The van der Waals surface area contributed by atoms with Gasteiger partial charge in [0, 0.05) is 13.1 Å². The Balaban J connectivity index is 2.29. The van der Waals surface area contributed by atoms with Crippen LogP contribution >= 0.6 is 0 Å². The lowest BCUT2D eigenvalue weighted by Crippen LogP contribution is -2.42. The molecule has 1 aliphatic rings. The normalized spacial score (nSPS) is 26.2. The van der Waals surface area contributed by atoms with Crippen molar-refractivity contribution in [1.29, 1.82) is 0 Å². The van der Waals surface area contributed by atoms with Crippen LogP contribution in [0.2, 0.25) is 0 Å². The van der Waals surface area contributed by atoms with Gasteiger partial charge in [0.05, 0.1) is 25.6 Å². The Labute approximate surface area is 78.7 Å². The van der Waals surface area contributed by atoms with Crippen molar-refractivity contribution in [2.45, 2.75) is 6.10 Å². The first-order valence-electron chi connectivity index (χ1n) is 4.12. The molecule has 1 rings (SSSR count). The van der Waals surface area contributed by atoms with Crippen LogP contribution in [0, 0.1) is 0 Å². The highest BCUT2D eigenvalue weighted by Gasteiger charge is 2.19. The van der Waals surface area contributed by atoms with E-state index in [0.717, 1.165) is 19.3 Å². The molecule has 5 nitrogen and oxygen atoms in total. The lowest BCUT2D eigenvalue weighted by atomic mass is 10.3. The standard InChI is InChI=1S/C7H15NO4S/c1-8-3-4-11-7(5-8)6-12-13(2,9)10/h7H,3-6H2,1-2H3/t7-/m1/s1. The molecular formula is C7H15NO4S. The summed E-state index contributed by atoms with van der Waals surface area (Å²) in [6.07, 6.45) is 0.910. The topological polar surface area (TPSA) is 55.8 Å². The first-order valence-corrected chi connectivity index (χ1v) is 5.93. The van der Waals surface area contributed by atoms with Gasteiger partial charge in [-0.3, -0.25) is 4.18 Å². The first kappa shape index (κ1) is 10.9. The molecule has 0 unspecified atom stereocenters. The average Bonchev–Trinajstić information content (AvgIpc) is 2.00. The lowest BCUT2D eigenvalue weighted by molar-refractivity contribution is -0.0392. The molecule has 0 bridgehead atoms. The third-order valence-electron chi connectivity index (χ3n) is 1.81. The third kappa shape index (κ3) is 4.56. The molecule has 0 aromatic carbocycles. The molecule has 0 N–H and O–H groups in total. The summed E-state index contributed by atoms with van der Waals surface area (Å²) >= 11 is 0. The largest absolute Gasteiger partial charge is 0.373 e. The number of hydrogen-bond acceptors (Lipinski definition) is 5. The zero-order valence-corrected chi connectivity index (χ0v) is 8.71. The summed E-state index contributed by atoms with van der Waals surface area (Å²) in [7, 11) is -1.37. The first-order chi connectivity index (χ1) is 5.97. The predicted molar refractivity (Wildman–Crippen MR) is 48.0 cm³/mol. The van der Waals surface area contributed by atoms with E-state index < -0.39 is 10.1 Å². The van der Waals surface area contributed by atoms with Crippen molar-refractivity contribution in [3.05, 3.63) is 0 Å². The Morgan fingerprint density at radius 2 is 2.31 bits per heavy atom. The minimum atomic E-state index is -3.34. The Bertz CT molecular complexity index is 251. The second kappa shape index (κ2) is 4.36. The maximum atomic E-state index is 10.7. The van der Waals surface area contributed by atoms with Crippen molar-refractivity contribution in [3.8, 4) is 0 Å². The number of rotatable bonds is 3. The van der Waals surface area contributed by atoms with Gasteiger partial charge in [0.1, 0.15) is 0 Å². The zero-order valence-electron chi connectivity index (χ0n) is 7.89. The minimum Gasteiger partial charge on any atom is -0.373 e. The molecular weight excluding hydrogens is 194 g/mol. The van der Waals surface area contributed by atoms with Gasteiger partial charge in [-0.25, -0.2) is 0 Å². The summed E-state index contributed by atoms with van der Waals surface area (Å²) in [5, 5.41) is 0. The third-order valence-corrected chi connectivity index (χ3v) is 2.37. The quantitative estimate of drug-likeness (QED) is 0.575. The Kier molecular flexibility index (Phi) is 3.66. The van der Waals surface area contributed by atoms with E-state index in [1.165, 1.54) is 0 Å². The van der Waals surface area contributed by atoms with Crippen LogP contribution in [0.4, 0.5) is 0 Å². The molecule has 78 valence electrons. The summed E-state index contributed by atoms with van der Waals surface area (Å²) < 4.78 is 31.3. The van der Waals surface area contributed by atoms with Crippen LogP contribution < -0.4 is 0 Å². The van der Waals surface area contributed by atoms with Crippen LogP contribution in [-0.2, 0) is 19.0 Å². The highest BCUT2D eigenvalue weighted by molar-refractivity contribution is 7.85. The van der Waals surface area contributed by atoms with Crippen molar-refractivity contribution in [2.24, 2.45) is 0 Å². The fourth-order valence-corrected chi connectivity index (χ4v) is 1.57. The van der Waals surface area contributed by atoms with E-state index in [0.29, 0.717) is 6.61 Å². The Hall–Kier alpha value is -0.170. The molecule has 0 saturated carbocycles. The molecule has 0 amide bonds. The summed E-state index contributed by atoms with van der Waals surface area (Å²) in [5.74, 6) is 0. The van der Waals surface area contributed by atoms with Crippen LogP contribution in [0.5, 0.6) is 0 Å². The summed E-state index contributed by atoms with van der Waals surface area (Å²) in [4.78, 5) is 2.08. The van der Waals surface area contributed by atoms with Crippen LogP contribution in [0.3, 0.4) is 0 Å². The van der Waals surface area contributed by atoms with Crippen LogP contribution in [-0.4, -0.2) is 59.0 Å². The van der Waals surface area contributed by atoms with Crippen molar-refractivity contribution in [3.63, 3.8) is 0 Å². The number of nitrogens with zero attached hydrogens (tertiary/aromatic N) is 1. The highest BCUT2D eigenvalue weighted by Crippen LogP contribution is 2.04. The molecule has 0 radical (unpaired) electrons. The van der Waals surface area contributed by atoms with Gasteiger partial charge in [0.15, 0.2) is 0 Å². The number of morpholine rings is 1. The second-order valence-electron chi connectivity index (χ2n) is 3.24. The molecule has 0 aliphatic carbocycles. The smallest absolute Gasteiger partial charge is 0.264 e. The molecule has 1 atom stereocenters. The van der Waals surface area contributed by atoms with Crippen molar-refractivity contribution >= 4 is 10.1 Å². The van der Waals surface area contributed by atoms with E-state index in [1.807, 2.05) is 7.05 Å².